The monoisotopic (exact) mass is 356 g/mol. The Hall–Kier alpha value is -1.10. The van der Waals surface area contributed by atoms with Gasteiger partial charge in [0.2, 0.25) is 0 Å². The molecule has 1 heterocycles. The van der Waals surface area contributed by atoms with E-state index in [0.29, 0.717) is 0 Å². The molecule has 0 bridgehead atoms. The van der Waals surface area contributed by atoms with Gasteiger partial charge in [-0.15, -0.1) is 0 Å². The summed E-state index contributed by atoms with van der Waals surface area (Å²) < 4.78 is 102. The number of carbonyl (C=O) groups is 1. The third kappa shape index (κ3) is 4.06. The highest BCUT2D eigenvalue weighted by molar-refractivity contribution is 5.77. The van der Waals surface area contributed by atoms with Crippen LogP contribution in [-0.2, 0) is 19.0 Å². The second-order valence-corrected chi connectivity index (χ2v) is 5.89. The summed E-state index contributed by atoms with van der Waals surface area (Å²) in [7, 11) is 0. The zero-order chi connectivity index (χ0) is 18.3. The lowest BCUT2D eigenvalue weighted by molar-refractivity contribution is -0.360. The van der Waals surface area contributed by atoms with Gasteiger partial charge in [-0.2, -0.15) is 30.7 Å². The first-order valence-corrected chi connectivity index (χ1v) is 6.32. The third-order valence-corrected chi connectivity index (χ3v) is 3.17. The zero-order valence-corrected chi connectivity index (χ0v) is 12.4. The Balaban J connectivity index is 2.72. The van der Waals surface area contributed by atoms with Gasteiger partial charge < -0.3 is 14.2 Å². The summed E-state index contributed by atoms with van der Waals surface area (Å²) in [6.07, 6.45) is -6.48. The van der Waals surface area contributed by atoms with Crippen LogP contribution in [0.15, 0.2) is 0 Å². The molecule has 0 atom stereocenters. The lowest BCUT2D eigenvalue weighted by atomic mass is 9.92. The maximum atomic E-state index is 13.1. The fraction of sp³-hybridized carbons (Fsp3) is 0.917. The first-order valence-electron chi connectivity index (χ1n) is 6.32. The lowest BCUT2D eigenvalue weighted by Gasteiger charge is -2.39. The van der Waals surface area contributed by atoms with E-state index in [9.17, 15) is 35.5 Å². The minimum atomic E-state index is -6.48. The predicted octanol–water partition coefficient (Wildman–Crippen LogP) is 3.15. The first-order chi connectivity index (χ1) is 10.0. The molecule has 11 heteroatoms. The minimum absolute atomic E-state index is 0.333. The topological polar surface area (TPSA) is 44.8 Å². The molecule has 0 aromatic rings. The molecule has 1 aliphatic heterocycles. The van der Waals surface area contributed by atoms with Crippen molar-refractivity contribution in [3.8, 4) is 0 Å². The van der Waals surface area contributed by atoms with E-state index in [1.54, 1.807) is 0 Å². The van der Waals surface area contributed by atoms with Crippen molar-refractivity contribution >= 4 is 5.97 Å². The minimum Gasteiger partial charge on any atom is -0.458 e. The van der Waals surface area contributed by atoms with Crippen molar-refractivity contribution in [2.24, 2.45) is 5.41 Å². The number of ether oxygens (including phenoxy) is 3. The molecule has 0 unspecified atom stereocenters. The average Bonchev–Trinajstić information content (AvgIpc) is 2.38. The molecule has 1 aliphatic rings. The lowest BCUT2D eigenvalue weighted by Crippen LogP contribution is -2.55. The van der Waals surface area contributed by atoms with E-state index in [4.69, 9.17) is 9.47 Å². The van der Waals surface area contributed by atoms with Crippen LogP contribution in [-0.4, -0.2) is 49.6 Å². The Morgan fingerprint density at radius 2 is 1.43 bits per heavy atom. The summed E-state index contributed by atoms with van der Waals surface area (Å²) in [5.74, 6) is -14.4. The van der Waals surface area contributed by atoms with Gasteiger partial charge in [-0.3, -0.25) is 4.79 Å². The second kappa shape index (κ2) is 5.76. The van der Waals surface area contributed by atoms with Crippen LogP contribution < -0.4 is 0 Å². The number of esters is 1. The Morgan fingerprint density at radius 3 is 1.83 bits per heavy atom. The summed E-state index contributed by atoms with van der Waals surface area (Å²) in [5, 5.41) is 0. The van der Waals surface area contributed by atoms with Gasteiger partial charge >= 0.3 is 24.0 Å². The van der Waals surface area contributed by atoms with Crippen LogP contribution >= 0.6 is 0 Å². The number of hydrogen-bond donors (Lipinski definition) is 0. The molecule has 23 heavy (non-hydrogen) atoms. The highest BCUT2D eigenvalue weighted by Crippen LogP contribution is 2.46. The molecule has 0 amide bonds. The van der Waals surface area contributed by atoms with Gasteiger partial charge in [0.25, 0.3) is 0 Å². The maximum Gasteiger partial charge on any atom is 0.460 e. The van der Waals surface area contributed by atoms with Crippen LogP contribution in [0.4, 0.5) is 30.7 Å². The molecular formula is C12H15F7O4. The summed E-state index contributed by atoms with van der Waals surface area (Å²) in [5.41, 5.74) is -1.60. The van der Waals surface area contributed by atoms with E-state index >= 15 is 0 Å². The standard InChI is InChI=1S/C12H15F7O4/c1-8(2)22-4-9(3,5-23-8)7(20)21-6-10(13,14)11(15,16)12(17,18)19/h4-6H2,1-3H3. The van der Waals surface area contributed by atoms with Gasteiger partial charge in [0.15, 0.2) is 12.4 Å². The fourth-order valence-electron chi connectivity index (χ4n) is 1.50. The number of rotatable bonds is 4. The summed E-state index contributed by atoms with van der Waals surface area (Å²) in [6.45, 7) is 1.12. The van der Waals surface area contributed by atoms with E-state index in [0.717, 1.165) is 0 Å². The summed E-state index contributed by atoms with van der Waals surface area (Å²) in [4.78, 5) is 11.7. The Bertz CT molecular complexity index is 449. The molecule has 1 rings (SSSR count). The van der Waals surface area contributed by atoms with Crippen molar-refractivity contribution < 1.29 is 49.7 Å². The van der Waals surface area contributed by atoms with Gasteiger partial charge in [-0.25, -0.2) is 0 Å². The van der Waals surface area contributed by atoms with Crippen LogP contribution in [0.3, 0.4) is 0 Å². The van der Waals surface area contributed by atoms with Gasteiger partial charge in [-0.05, 0) is 20.8 Å². The smallest absolute Gasteiger partial charge is 0.458 e. The maximum absolute atomic E-state index is 13.1. The molecule has 4 nitrogen and oxygen atoms in total. The molecule has 1 saturated heterocycles. The Labute approximate surface area is 126 Å². The van der Waals surface area contributed by atoms with Crippen LogP contribution in [0.2, 0.25) is 0 Å². The highest BCUT2D eigenvalue weighted by atomic mass is 19.4. The highest BCUT2D eigenvalue weighted by Gasteiger charge is 2.73. The van der Waals surface area contributed by atoms with Crippen LogP contribution in [0.1, 0.15) is 20.8 Å². The molecule has 0 aromatic carbocycles. The number of halogens is 7. The summed E-state index contributed by atoms with van der Waals surface area (Å²) >= 11 is 0. The van der Waals surface area contributed by atoms with Gasteiger partial charge in [0.05, 0.1) is 13.2 Å². The summed E-state index contributed by atoms with van der Waals surface area (Å²) in [6, 6.07) is 0. The molecule has 0 spiro atoms. The molecule has 136 valence electrons. The molecule has 0 aliphatic carbocycles. The molecule has 0 radical (unpaired) electrons. The zero-order valence-electron chi connectivity index (χ0n) is 12.4. The van der Waals surface area contributed by atoms with Crippen molar-refractivity contribution in [2.75, 3.05) is 19.8 Å². The van der Waals surface area contributed by atoms with Crippen molar-refractivity contribution in [3.63, 3.8) is 0 Å². The number of hydrogen-bond acceptors (Lipinski definition) is 4. The van der Waals surface area contributed by atoms with Crippen molar-refractivity contribution in [1.29, 1.82) is 0 Å². The van der Waals surface area contributed by atoms with E-state index in [1.165, 1.54) is 20.8 Å². The average molecular weight is 356 g/mol. The van der Waals surface area contributed by atoms with Crippen LogP contribution in [0.25, 0.3) is 0 Å². The van der Waals surface area contributed by atoms with Crippen molar-refractivity contribution in [3.05, 3.63) is 0 Å². The molecule has 1 fully saturated rings. The molecule has 0 saturated carbocycles. The van der Waals surface area contributed by atoms with Crippen LogP contribution in [0, 0.1) is 5.41 Å². The molecular weight excluding hydrogens is 341 g/mol. The van der Waals surface area contributed by atoms with Gasteiger partial charge in [0.1, 0.15) is 5.41 Å². The van der Waals surface area contributed by atoms with Gasteiger partial charge in [0, 0.05) is 0 Å². The van der Waals surface area contributed by atoms with Crippen LogP contribution in [0.5, 0.6) is 0 Å². The largest absolute Gasteiger partial charge is 0.460 e. The molecule has 0 aromatic heterocycles. The van der Waals surface area contributed by atoms with Crippen molar-refractivity contribution in [2.45, 2.75) is 44.6 Å². The van der Waals surface area contributed by atoms with E-state index < -0.39 is 41.8 Å². The fourth-order valence-corrected chi connectivity index (χ4v) is 1.50. The third-order valence-electron chi connectivity index (χ3n) is 3.17. The Kier molecular flexibility index (Phi) is 5.00. The van der Waals surface area contributed by atoms with E-state index in [2.05, 4.69) is 4.74 Å². The van der Waals surface area contributed by atoms with Crippen molar-refractivity contribution in [1.82, 2.24) is 0 Å². The first kappa shape index (κ1) is 19.9. The number of carbonyl (C=O) groups excluding carboxylic acids is 1. The van der Waals surface area contributed by atoms with E-state index in [-0.39, 0.29) is 13.2 Å². The number of alkyl halides is 7. The molecule has 0 N–H and O–H groups in total. The predicted molar refractivity (Wildman–Crippen MR) is 61.0 cm³/mol. The second-order valence-electron chi connectivity index (χ2n) is 5.89. The Morgan fingerprint density at radius 1 is 1.00 bits per heavy atom. The van der Waals surface area contributed by atoms with E-state index in [1.807, 2.05) is 0 Å². The normalized spacial score (nSPS) is 21.8. The quantitative estimate of drug-likeness (QED) is 0.573. The SMILES string of the molecule is CC1(C)OCC(C)(C(=O)OCC(F)(F)C(F)(F)C(F)(F)F)CO1. The van der Waals surface area contributed by atoms with Gasteiger partial charge in [-0.1, -0.05) is 0 Å².